The fourth-order valence-electron chi connectivity index (χ4n) is 3.68. The molecule has 2 amide bonds. The van der Waals surface area contributed by atoms with E-state index in [2.05, 4.69) is 22.4 Å². The first kappa shape index (κ1) is 18.9. The summed E-state index contributed by atoms with van der Waals surface area (Å²) in [7, 11) is 0. The van der Waals surface area contributed by atoms with Crippen molar-refractivity contribution >= 4 is 17.5 Å². The maximum absolute atomic E-state index is 13.0. The van der Waals surface area contributed by atoms with E-state index in [0.717, 1.165) is 23.2 Å². The minimum absolute atomic E-state index is 0.0810. The zero-order valence-electron chi connectivity index (χ0n) is 16.6. The summed E-state index contributed by atoms with van der Waals surface area (Å²) in [5.41, 5.74) is 6.03. The number of aryl methyl sites for hydroxylation is 2. The highest BCUT2D eigenvalue weighted by Gasteiger charge is 2.22. The number of carbonyl (C=O) groups excluding carboxylic acids is 2. The molecule has 5 nitrogen and oxygen atoms in total. The van der Waals surface area contributed by atoms with Gasteiger partial charge in [0.15, 0.2) is 0 Å². The molecule has 0 radical (unpaired) electrons. The van der Waals surface area contributed by atoms with Crippen molar-refractivity contribution in [3.63, 3.8) is 0 Å². The van der Waals surface area contributed by atoms with Crippen LogP contribution in [0.5, 0.6) is 0 Å². The van der Waals surface area contributed by atoms with Crippen molar-refractivity contribution in [1.82, 2.24) is 9.88 Å². The van der Waals surface area contributed by atoms with Gasteiger partial charge >= 0.3 is 0 Å². The Morgan fingerprint density at radius 1 is 1.00 bits per heavy atom. The molecule has 0 saturated heterocycles. The van der Waals surface area contributed by atoms with E-state index < -0.39 is 0 Å². The quantitative estimate of drug-likeness (QED) is 0.737. The summed E-state index contributed by atoms with van der Waals surface area (Å²) in [6.07, 6.45) is 2.36. The minimum Gasteiger partial charge on any atom is -0.334 e. The maximum atomic E-state index is 13.0. The van der Waals surface area contributed by atoms with Gasteiger partial charge in [-0.3, -0.25) is 14.6 Å². The molecule has 0 unspecified atom stereocenters. The Labute approximate surface area is 170 Å². The number of benzene rings is 2. The predicted molar refractivity (Wildman–Crippen MR) is 113 cm³/mol. The van der Waals surface area contributed by atoms with E-state index in [-0.39, 0.29) is 17.5 Å². The molecule has 1 N–H and O–H groups in total. The molecule has 0 atom stereocenters. The average Bonchev–Trinajstić information content (AvgIpc) is 2.75. The normalized spacial score (nSPS) is 13.0. The lowest BCUT2D eigenvalue weighted by atomic mass is 9.99. The van der Waals surface area contributed by atoms with E-state index in [1.165, 1.54) is 17.3 Å². The van der Waals surface area contributed by atoms with E-state index in [0.29, 0.717) is 18.7 Å². The summed E-state index contributed by atoms with van der Waals surface area (Å²) in [6.45, 7) is 5.21. The summed E-state index contributed by atoms with van der Waals surface area (Å²) in [5, 5.41) is 2.89. The summed E-state index contributed by atoms with van der Waals surface area (Å²) in [4.78, 5) is 31.7. The topological polar surface area (TPSA) is 62.3 Å². The summed E-state index contributed by atoms with van der Waals surface area (Å²) in [5.74, 6) is -0.405. The Balaban J connectivity index is 1.51. The molecule has 1 aliphatic heterocycles. The molecule has 2 heterocycles. The van der Waals surface area contributed by atoms with Crippen molar-refractivity contribution in [2.75, 3.05) is 11.9 Å². The first-order valence-electron chi connectivity index (χ1n) is 9.72. The lowest BCUT2D eigenvalue weighted by Gasteiger charge is -2.29. The van der Waals surface area contributed by atoms with Crippen molar-refractivity contribution in [3.8, 4) is 0 Å². The van der Waals surface area contributed by atoms with Crippen LogP contribution in [-0.4, -0.2) is 28.2 Å². The molecular formula is C24H23N3O2. The number of nitrogens with zero attached hydrogens (tertiary/aromatic N) is 2. The third-order valence-corrected chi connectivity index (χ3v) is 5.29. The number of pyridine rings is 1. The van der Waals surface area contributed by atoms with Crippen LogP contribution in [0.3, 0.4) is 0 Å². The molecule has 5 heteroatoms. The molecule has 0 saturated carbocycles. The van der Waals surface area contributed by atoms with Gasteiger partial charge in [-0.15, -0.1) is 0 Å². The smallest absolute Gasteiger partial charge is 0.274 e. The highest BCUT2D eigenvalue weighted by Crippen LogP contribution is 2.21. The van der Waals surface area contributed by atoms with Crippen molar-refractivity contribution < 1.29 is 9.59 Å². The predicted octanol–water partition coefficient (Wildman–Crippen LogP) is 4.15. The monoisotopic (exact) mass is 385 g/mol. The van der Waals surface area contributed by atoms with Gasteiger partial charge in [0.2, 0.25) is 0 Å². The number of amides is 2. The molecule has 1 aromatic heterocycles. The van der Waals surface area contributed by atoms with E-state index >= 15 is 0 Å². The van der Waals surface area contributed by atoms with Crippen LogP contribution in [0.15, 0.2) is 60.8 Å². The fraction of sp³-hybridized carbons (Fsp3) is 0.208. The molecule has 146 valence electrons. The second-order valence-electron chi connectivity index (χ2n) is 7.45. The van der Waals surface area contributed by atoms with E-state index in [4.69, 9.17) is 0 Å². The highest BCUT2D eigenvalue weighted by atomic mass is 16.2. The number of rotatable bonds is 3. The first-order chi connectivity index (χ1) is 14.0. The maximum Gasteiger partial charge on any atom is 0.274 e. The molecule has 0 spiro atoms. The van der Waals surface area contributed by atoms with Crippen LogP contribution < -0.4 is 5.32 Å². The second kappa shape index (κ2) is 7.87. The first-order valence-corrected chi connectivity index (χ1v) is 9.72. The van der Waals surface area contributed by atoms with Gasteiger partial charge in [0, 0.05) is 30.5 Å². The van der Waals surface area contributed by atoms with Crippen LogP contribution >= 0.6 is 0 Å². The number of fused-ring (bicyclic) bond motifs is 1. The Bertz CT molecular complexity index is 1090. The summed E-state index contributed by atoms with van der Waals surface area (Å²) < 4.78 is 0. The molecule has 0 aliphatic carbocycles. The molecule has 3 aromatic rings. The molecular weight excluding hydrogens is 362 g/mol. The van der Waals surface area contributed by atoms with Crippen LogP contribution in [0, 0.1) is 13.8 Å². The number of hydrogen-bond donors (Lipinski definition) is 1. The molecule has 2 aromatic carbocycles. The largest absolute Gasteiger partial charge is 0.334 e. The number of carbonyl (C=O) groups is 2. The Morgan fingerprint density at radius 2 is 1.79 bits per heavy atom. The fourth-order valence-corrected chi connectivity index (χ4v) is 3.68. The average molecular weight is 385 g/mol. The Kier molecular flexibility index (Phi) is 5.12. The molecule has 4 rings (SSSR count). The molecule has 29 heavy (non-hydrogen) atoms. The summed E-state index contributed by atoms with van der Waals surface area (Å²) in [6, 6.07) is 17.3. The van der Waals surface area contributed by atoms with E-state index in [1.807, 2.05) is 49.1 Å². The zero-order chi connectivity index (χ0) is 20.4. The van der Waals surface area contributed by atoms with Gasteiger partial charge in [-0.25, -0.2) is 0 Å². The molecule has 0 bridgehead atoms. The van der Waals surface area contributed by atoms with E-state index in [1.54, 1.807) is 12.1 Å². The minimum atomic E-state index is -0.324. The number of hydrogen-bond acceptors (Lipinski definition) is 3. The number of aromatic nitrogens is 1. The van der Waals surface area contributed by atoms with Gasteiger partial charge in [-0.05, 0) is 55.2 Å². The van der Waals surface area contributed by atoms with Crippen molar-refractivity contribution in [2.45, 2.75) is 26.8 Å². The second-order valence-corrected chi connectivity index (χ2v) is 7.45. The van der Waals surface area contributed by atoms with Crippen LogP contribution in [-0.2, 0) is 13.0 Å². The lowest BCUT2D eigenvalue weighted by molar-refractivity contribution is 0.0734. The van der Waals surface area contributed by atoms with Crippen molar-refractivity contribution in [1.29, 1.82) is 0 Å². The third-order valence-electron chi connectivity index (χ3n) is 5.29. The van der Waals surface area contributed by atoms with Crippen LogP contribution in [0.4, 0.5) is 5.69 Å². The van der Waals surface area contributed by atoms with Gasteiger partial charge in [0.1, 0.15) is 5.69 Å². The van der Waals surface area contributed by atoms with Crippen molar-refractivity contribution in [2.24, 2.45) is 0 Å². The van der Waals surface area contributed by atoms with Crippen LogP contribution in [0.2, 0.25) is 0 Å². The number of anilines is 1. The van der Waals surface area contributed by atoms with Gasteiger partial charge in [0.05, 0.1) is 0 Å². The SMILES string of the molecule is Cc1ccc(NC(=O)c2cc(C(=O)N3CCc4ccccc4C3)ccn2)c(C)c1. The lowest BCUT2D eigenvalue weighted by Crippen LogP contribution is -2.36. The van der Waals surface area contributed by atoms with Gasteiger partial charge in [-0.1, -0.05) is 42.0 Å². The van der Waals surface area contributed by atoms with Gasteiger partial charge in [-0.2, -0.15) is 0 Å². The Hall–Kier alpha value is -3.47. The van der Waals surface area contributed by atoms with E-state index in [9.17, 15) is 9.59 Å². The van der Waals surface area contributed by atoms with Crippen LogP contribution in [0.1, 0.15) is 43.1 Å². The van der Waals surface area contributed by atoms with Crippen molar-refractivity contribution in [3.05, 3.63) is 94.3 Å². The van der Waals surface area contributed by atoms with Gasteiger partial charge < -0.3 is 10.2 Å². The third kappa shape index (κ3) is 4.04. The van der Waals surface area contributed by atoms with Gasteiger partial charge in [0.25, 0.3) is 11.8 Å². The zero-order valence-corrected chi connectivity index (χ0v) is 16.6. The summed E-state index contributed by atoms with van der Waals surface area (Å²) >= 11 is 0. The van der Waals surface area contributed by atoms with Crippen LogP contribution in [0.25, 0.3) is 0 Å². The highest BCUT2D eigenvalue weighted by molar-refractivity contribution is 6.05. The number of nitrogens with one attached hydrogen (secondary N) is 1. The standard InChI is InChI=1S/C24H23N3O2/c1-16-7-8-21(17(2)13-16)26-23(28)22-14-19(9-11-25-22)24(29)27-12-10-18-5-3-4-6-20(18)15-27/h3-9,11,13-14H,10,12,15H2,1-2H3,(H,26,28). The Morgan fingerprint density at radius 3 is 2.59 bits per heavy atom. The molecule has 0 fully saturated rings. The molecule has 1 aliphatic rings.